The molecule has 25 heavy (non-hydrogen) atoms. The van der Waals surface area contributed by atoms with Crippen molar-refractivity contribution >= 4 is 17.2 Å². The highest BCUT2D eigenvalue weighted by molar-refractivity contribution is 7.13. The lowest BCUT2D eigenvalue weighted by atomic mass is 10.2. The molecule has 0 aliphatic carbocycles. The number of hydrogen-bond acceptors (Lipinski definition) is 4. The summed E-state index contributed by atoms with van der Waals surface area (Å²) in [5.74, 6) is -0.00189. The molecule has 0 aliphatic heterocycles. The third kappa shape index (κ3) is 4.15. The van der Waals surface area contributed by atoms with Gasteiger partial charge < -0.3 is 10.2 Å². The number of nitrogens with one attached hydrogen (secondary N) is 1. The van der Waals surface area contributed by atoms with E-state index < -0.39 is 0 Å². The predicted octanol–water partition coefficient (Wildman–Crippen LogP) is 2.95. The van der Waals surface area contributed by atoms with Crippen LogP contribution in [0, 0.1) is 0 Å². The Morgan fingerprint density at radius 2 is 2.04 bits per heavy atom. The quantitative estimate of drug-likeness (QED) is 0.710. The van der Waals surface area contributed by atoms with Gasteiger partial charge in [0.25, 0.3) is 5.91 Å². The molecule has 0 spiro atoms. The van der Waals surface area contributed by atoms with E-state index in [1.807, 2.05) is 60.7 Å². The number of likely N-dealkylation sites (N-methyl/N-ethyl adjacent to an activating group) is 2. The van der Waals surface area contributed by atoms with Gasteiger partial charge in [0, 0.05) is 26.3 Å². The van der Waals surface area contributed by atoms with Crippen molar-refractivity contribution in [1.82, 2.24) is 20.0 Å². The minimum absolute atomic E-state index is 0.00189. The normalized spacial score (nSPS) is 10.8. The molecule has 0 radical (unpaired) electrons. The second kappa shape index (κ2) is 8.09. The van der Waals surface area contributed by atoms with Crippen LogP contribution in [-0.4, -0.2) is 47.8 Å². The van der Waals surface area contributed by atoms with Gasteiger partial charge >= 0.3 is 0 Å². The summed E-state index contributed by atoms with van der Waals surface area (Å²) in [5, 5.41) is 9.77. The molecule has 0 unspecified atom stereocenters. The summed E-state index contributed by atoms with van der Waals surface area (Å²) in [7, 11) is 3.71. The first kappa shape index (κ1) is 17.4. The molecule has 2 aromatic heterocycles. The largest absolute Gasteiger partial charge is 0.340 e. The van der Waals surface area contributed by atoms with Crippen LogP contribution in [0.15, 0.2) is 54.0 Å². The second-order valence-electron chi connectivity index (χ2n) is 5.88. The summed E-state index contributed by atoms with van der Waals surface area (Å²) in [5.41, 5.74) is 2.56. The molecule has 0 bridgehead atoms. The van der Waals surface area contributed by atoms with Crippen LogP contribution in [0.1, 0.15) is 15.9 Å². The van der Waals surface area contributed by atoms with Crippen LogP contribution < -0.4 is 5.32 Å². The lowest BCUT2D eigenvalue weighted by Crippen LogP contribution is -2.32. The maximum atomic E-state index is 12.9. The molecular formula is C19H22N4OS. The number of benzene rings is 1. The van der Waals surface area contributed by atoms with Crippen molar-refractivity contribution < 1.29 is 4.79 Å². The zero-order chi connectivity index (χ0) is 17.6. The van der Waals surface area contributed by atoms with Gasteiger partial charge in [-0.2, -0.15) is 5.10 Å². The van der Waals surface area contributed by atoms with E-state index in [1.54, 1.807) is 16.2 Å². The van der Waals surface area contributed by atoms with Gasteiger partial charge in [-0.15, -0.1) is 11.3 Å². The molecular weight excluding hydrogens is 332 g/mol. The molecule has 0 saturated carbocycles. The smallest absolute Gasteiger partial charge is 0.257 e. The zero-order valence-corrected chi connectivity index (χ0v) is 15.3. The van der Waals surface area contributed by atoms with E-state index in [0.29, 0.717) is 18.7 Å². The lowest BCUT2D eigenvalue weighted by Gasteiger charge is -2.16. The fraction of sp³-hybridized carbons (Fsp3) is 0.263. The average Bonchev–Trinajstić information content (AvgIpc) is 3.29. The number of carbonyl (C=O) groups is 1. The Morgan fingerprint density at radius 1 is 1.24 bits per heavy atom. The summed E-state index contributed by atoms with van der Waals surface area (Å²) < 4.78 is 1.85. The number of amides is 1. The molecule has 2 heterocycles. The first-order valence-corrected chi connectivity index (χ1v) is 9.12. The van der Waals surface area contributed by atoms with Crippen LogP contribution >= 0.6 is 11.3 Å². The number of rotatable bonds is 7. The molecule has 1 N–H and O–H groups in total. The van der Waals surface area contributed by atoms with Crippen LogP contribution in [0.5, 0.6) is 0 Å². The molecule has 0 atom stereocenters. The van der Waals surface area contributed by atoms with Crippen molar-refractivity contribution in [2.45, 2.75) is 6.54 Å². The Labute approximate surface area is 151 Å². The third-order valence-electron chi connectivity index (χ3n) is 3.98. The Morgan fingerprint density at radius 3 is 2.72 bits per heavy atom. The molecule has 3 rings (SSSR count). The Bertz CT molecular complexity index is 811. The van der Waals surface area contributed by atoms with Crippen LogP contribution in [0.3, 0.4) is 0 Å². The van der Waals surface area contributed by atoms with Crippen molar-refractivity contribution in [3.63, 3.8) is 0 Å². The van der Waals surface area contributed by atoms with E-state index >= 15 is 0 Å². The van der Waals surface area contributed by atoms with Crippen molar-refractivity contribution in [1.29, 1.82) is 0 Å². The summed E-state index contributed by atoms with van der Waals surface area (Å²) in [4.78, 5) is 15.6. The SMILES string of the molecule is CNCCN(C)C(=O)c1cn(Cc2ccccc2)nc1-c1cccs1. The fourth-order valence-corrected chi connectivity index (χ4v) is 3.33. The van der Waals surface area contributed by atoms with Gasteiger partial charge in [0.2, 0.25) is 0 Å². The molecule has 0 fully saturated rings. The van der Waals surface area contributed by atoms with Crippen molar-refractivity contribution in [3.8, 4) is 10.6 Å². The van der Waals surface area contributed by atoms with Gasteiger partial charge in [-0.25, -0.2) is 0 Å². The zero-order valence-electron chi connectivity index (χ0n) is 14.5. The summed E-state index contributed by atoms with van der Waals surface area (Å²) in [6, 6.07) is 14.1. The van der Waals surface area contributed by atoms with Gasteiger partial charge in [0.15, 0.2) is 0 Å². The van der Waals surface area contributed by atoms with Gasteiger partial charge in [0.05, 0.1) is 17.0 Å². The highest BCUT2D eigenvalue weighted by Crippen LogP contribution is 2.27. The Balaban J connectivity index is 1.91. The van der Waals surface area contributed by atoms with Gasteiger partial charge in [0.1, 0.15) is 5.69 Å². The predicted molar refractivity (Wildman–Crippen MR) is 102 cm³/mol. The molecule has 0 saturated heterocycles. The van der Waals surface area contributed by atoms with Crippen molar-refractivity contribution in [2.24, 2.45) is 0 Å². The van der Waals surface area contributed by atoms with Crippen molar-refractivity contribution in [2.75, 3.05) is 27.2 Å². The third-order valence-corrected chi connectivity index (χ3v) is 4.85. The standard InChI is InChI=1S/C19H22N4OS/c1-20-10-11-22(2)19(24)16-14-23(13-15-7-4-3-5-8-15)21-18(16)17-9-6-12-25-17/h3-9,12,14,20H,10-11,13H2,1-2H3. The highest BCUT2D eigenvalue weighted by atomic mass is 32.1. The molecule has 5 nitrogen and oxygen atoms in total. The summed E-state index contributed by atoms with van der Waals surface area (Å²) >= 11 is 1.60. The second-order valence-corrected chi connectivity index (χ2v) is 6.83. The van der Waals surface area contributed by atoms with Gasteiger partial charge in [-0.1, -0.05) is 36.4 Å². The van der Waals surface area contributed by atoms with Crippen molar-refractivity contribution in [3.05, 3.63) is 65.2 Å². The average molecular weight is 354 g/mol. The summed E-state index contributed by atoms with van der Waals surface area (Å²) in [6.07, 6.45) is 1.86. The van der Waals surface area contributed by atoms with Crippen LogP contribution in [0.2, 0.25) is 0 Å². The van der Waals surface area contributed by atoms with Gasteiger partial charge in [-0.3, -0.25) is 9.48 Å². The summed E-state index contributed by atoms with van der Waals surface area (Å²) in [6.45, 7) is 2.06. The monoisotopic (exact) mass is 354 g/mol. The number of nitrogens with zero attached hydrogens (tertiary/aromatic N) is 3. The number of thiophene rings is 1. The minimum atomic E-state index is -0.00189. The van der Waals surface area contributed by atoms with E-state index in [4.69, 9.17) is 5.10 Å². The molecule has 1 aromatic carbocycles. The van der Waals surface area contributed by atoms with Crippen LogP contribution in [0.4, 0.5) is 0 Å². The topological polar surface area (TPSA) is 50.2 Å². The molecule has 130 valence electrons. The number of aromatic nitrogens is 2. The molecule has 3 aromatic rings. The maximum Gasteiger partial charge on any atom is 0.257 e. The maximum absolute atomic E-state index is 12.9. The van der Waals surface area contributed by atoms with E-state index in [-0.39, 0.29) is 5.91 Å². The Kier molecular flexibility index (Phi) is 5.63. The van der Waals surface area contributed by atoms with Gasteiger partial charge in [-0.05, 0) is 24.1 Å². The first-order valence-electron chi connectivity index (χ1n) is 8.24. The highest BCUT2D eigenvalue weighted by Gasteiger charge is 2.21. The lowest BCUT2D eigenvalue weighted by molar-refractivity contribution is 0.0797. The fourth-order valence-electron chi connectivity index (χ4n) is 2.61. The Hall–Kier alpha value is -2.44. The first-order chi connectivity index (χ1) is 12.2. The van der Waals surface area contributed by atoms with E-state index in [9.17, 15) is 4.79 Å². The number of hydrogen-bond donors (Lipinski definition) is 1. The van der Waals surface area contributed by atoms with E-state index in [0.717, 1.165) is 22.7 Å². The molecule has 1 amide bonds. The van der Waals surface area contributed by atoms with Crippen LogP contribution in [0.25, 0.3) is 10.6 Å². The van der Waals surface area contributed by atoms with E-state index in [1.165, 1.54) is 0 Å². The van der Waals surface area contributed by atoms with E-state index in [2.05, 4.69) is 17.4 Å². The molecule has 0 aliphatic rings. The van der Waals surface area contributed by atoms with Crippen LogP contribution in [-0.2, 0) is 6.54 Å². The minimum Gasteiger partial charge on any atom is -0.340 e. The molecule has 6 heteroatoms. The number of carbonyl (C=O) groups excluding carboxylic acids is 1.